The molecule has 0 saturated heterocycles. The van der Waals surface area contributed by atoms with E-state index in [0.717, 1.165) is 0 Å². The Morgan fingerprint density at radius 3 is 2.29 bits per heavy atom. The highest BCUT2D eigenvalue weighted by Gasteiger charge is 2.22. The molecule has 0 aliphatic carbocycles. The van der Waals surface area contributed by atoms with Crippen LogP contribution in [0.15, 0.2) is 0 Å². The first-order chi connectivity index (χ1) is 6.20. The molecule has 0 fully saturated rings. The number of aliphatic carboxylic acids is 1. The van der Waals surface area contributed by atoms with Gasteiger partial charge in [0, 0.05) is 0 Å². The molecule has 0 saturated carbocycles. The summed E-state index contributed by atoms with van der Waals surface area (Å²) in [7, 11) is 6.03. The second-order valence-corrected chi connectivity index (χ2v) is 5.66. The van der Waals surface area contributed by atoms with Crippen LogP contribution < -0.4 is 0 Å². The number of hydrogen-bond acceptors (Lipinski definition) is 2. The number of hydrogen-bond donors (Lipinski definition) is 1. The van der Waals surface area contributed by atoms with Gasteiger partial charge in [-0.3, -0.25) is 4.79 Å². The summed E-state index contributed by atoms with van der Waals surface area (Å²) in [6.07, 6.45) is -0.201. The lowest BCUT2D eigenvalue weighted by Crippen LogP contribution is -2.43. The molecule has 0 spiro atoms. The zero-order valence-electron chi connectivity index (χ0n) is 9.16. The van der Waals surface area contributed by atoms with E-state index in [2.05, 4.69) is 15.9 Å². The van der Waals surface area contributed by atoms with Crippen LogP contribution in [0.4, 0.5) is 0 Å². The lowest BCUT2D eigenvalue weighted by atomic mass is 10.2. The van der Waals surface area contributed by atoms with Crippen LogP contribution in [-0.2, 0) is 9.53 Å². The predicted molar refractivity (Wildman–Crippen MR) is 58.4 cm³/mol. The Morgan fingerprint density at radius 2 is 2.00 bits per heavy atom. The second kappa shape index (κ2) is 5.68. The van der Waals surface area contributed by atoms with Gasteiger partial charge in [0.25, 0.3) is 0 Å². The van der Waals surface area contributed by atoms with Crippen molar-refractivity contribution < 1.29 is 19.1 Å². The summed E-state index contributed by atoms with van der Waals surface area (Å²) in [6, 6.07) is 0. The SMILES string of the molecule is CC(Br)O[C@H](CC(=O)O)C[N+](C)(C)C. The predicted octanol–water partition coefficient (Wildman–Crippen LogP) is 1.29. The van der Waals surface area contributed by atoms with Crippen LogP contribution in [-0.4, -0.2) is 54.4 Å². The van der Waals surface area contributed by atoms with E-state index >= 15 is 0 Å². The maximum absolute atomic E-state index is 10.6. The Labute approximate surface area is 93.6 Å². The largest absolute Gasteiger partial charge is 0.481 e. The molecule has 0 heterocycles. The minimum atomic E-state index is -0.823. The third-order valence-electron chi connectivity index (χ3n) is 1.53. The van der Waals surface area contributed by atoms with Crippen molar-refractivity contribution in [1.29, 1.82) is 0 Å². The van der Waals surface area contributed by atoms with Gasteiger partial charge < -0.3 is 14.3 Å². The summed E-state index contributed by atoms with van der Waals surface area (Å²) in [5, 5.41) is 8.58. The molecule has 2 atom stereocenters. The van der Waals surface area contributed by atoms with Crippen molar-refractivity contribution in [2.24, 2.45) is 0 Å². The van der Waals surface area contributed by atoms with Crippen LogP contribution in [0, 0.1) is 0 Å². The highest BCUT2D eigenvalue weighted by atomic mass is 79.9. The first-order valence-corrected chi connectivity index (χ1v) is 5.44. The number of carboxylic acid groups (broad SMARTS) is 1. The fourth-order valence-electron chi connectivity index (χ4n) is 1.23. The van der Waals surface area contributed by atoms with Crippen molar-refractivity contribution in [3.63, 3.8) is 0 Å². The normalized spacial score (nSPS) is 16.4. The van der Waals surface area contributed by atoms with Crippen LogP contribution in [0.25, 0.3) is 0 Å². The van der Waals surface area contributed by atoms with Gasteiger partial charge in [-0.05, 0) is 6.92 Å². The van der Waals surface area contributed by atoms with E-state index in [1.165, 1.54) is 0 Å². The van der Waals surface area contributed by atoms with Crippen molar-refractivity contribution in [3.8, 4) is 0 Å². The molecule has 4 nitrogen and oxygen atoms in total. The summed E-state index contributed by atoms with van der Waals surface area (Å²) < 4.78 is 6.15. The van der Waals surface area contributed by atoms with Gasteiger partial charge in [0.1, 0.15) is 17.7 Å². The molecule has 84 valence electrons. The highest BCUT2D eigenvalue weighted by Crippen LogP contribution is 2.10. The third kappa shape index (κ3) is 8.47. The van der Waals surface area contributed by atoms with Crippen molar-refractivity contribution in [3.05, 3.63) is 0 Å². The van der Waals surface area contributed by atoms with E-state index in [1.807, 2.05) is 28.1 Å². The first-order valence-electron chi connectivity index (χ1n) is 4.52. The van der Waals surface area contributed by atoms with Crippen molar-refractivity contribution in [2.75, 3.05) is 27.7 Å². The average molecular weight is 269 g/mol. The molecule has 0 radical (unpaired) electrons. The van der Waals surface area contributed by atoms with Gasteiger partial charge >= 0.3 is 5.97 Å². The minimum absolute atomic E-state index is 0.0471. The fourth-order valence-corrected chi connectivity index (χ4v) is 1.53. The monoisotopic (exact) mass is 268 g/mol. The summed E-state index contributed by atoms with van der Waals surface area (Å²) in [6.45, 7) is 2.52. The van der Waals surface area contributed by atoms with Crippen LogP contribution in [0.2, 0.25) is 0 Å². The number of carbonyl (C=O) groups is 1. The quantitative estimate of drug-likeness (QED) is 0.584. The number of likely N-dealkylation sites (N-methyl/N-ethyl adjacent to an activating group) is 1. The zero-order valence-corrected chi connectivity index (χ0v) is 10.7. The van der Waals surface area contributed by atoms with Gasteiger partial charge in [-0.25, -0.2) is 0 Å². The molecule has 1 N–H and O–H groups in total. The molecule has 14 heavy (non-hydrogen) atoms. The van der Waals surface area contributed by atoms with E-state index in [-0.39, 0.29) is 17.5 Å². The molecule has 0 aromatic rings. The smallest absolute Gasteiger partial charge is 0.306 e. The first kappa shape index (κ1) is 13.9. The number of ether oxygens (including phenoxy) is 1. The molecule has 0 aliphatic heterocycles. The maximum Gasteiger partial charge on any atom is 0.306 e. The van der Waals surface area contributed by atoms with Crippen molar-refractivity contribution in [2.45, 2.75) is 24.5 Å². The Balaban J connectivity index is 4.17. The van der Waals surface area contributed by atoms with E-state index in [9.17, 15) is 4.79 Å². The molecule has 0 bridgehead atoms. The molecule has 5 heteroatoms. The molecule has 0 aromatic heterocycles. The summed E-state index contributed by atoms with van der Waals surface area (Å²) >= 11 is 3.25. The van der Waals surface area contributed by atoms with Gasteiger partial charge in [-0.1, -0.05) is 15.9 Å². The molecule has 0 amide bonds. The van der Waals surface area contributed by atoms with Crippen LogP contribution in [0.1, 0.15) is 13.3 Å². The number of halogens is 1. The van der Waals surface area contributed by atoms with Gasteiger partial charge in [-0.2, -0.15) is 0 Å². The van der Waals surface area contributed by atoms with Crippen LogP contribution >= 0.6 is 15.9 Å². The molecule has 0 aliphatic rings. The number of alkyl halides is 1. The topological polar surface area (TPSA) is 46.5 Å². The lowest BCUT2D eigenvalue weighted by Gasteiger charge is -2.29. The number of carboxylic acids is 1. The van der Waals surface area contributed by atoms with Gasteiger partial charge in [0.2, 0.25) is 0 Å². The van der Waals surface area contributed by atoms with Crippen molar-refractivity contribution in [1.82, 2.24) is 0 Å². The van der Waals surface area contributed by atoms with E-state index in [0.29, 0.717) is 11.0 Å². The zero-order chi connectivity index (χ0) is 11.4. The fraction of sp³-hybridized carbons (Fsp3) is 0.889. The molecule has 1 unspecified atom stereocenters. The third-order valence-corrected chi connectivity index (χ3v) is 1.75. The molecule has 0 rings (SSSR count). The number of quaternary nitrogens is 1. The van der Waals surface area contributed by atoms with Gasteiger partial charge in [0.05, 0.1) is 27.6 Å². The summed E-state index contributed by atoms with van der Waals surface area (Å²) in [4.78, 5) is 10.6. The standard InChI is InChI=1S/C9H18BrNO3/c1-7(10)14-8(5-9(12)13)6-11(2,3)4/h7-8H,5-6H2,1-4H3/p+1/t7?,8-/m1/s1. The second-order valence-electron chi connectivity index (χ2n) is 4.37. The number of nitrogens with zero attached hydrogens (tertiary/aromatic N) is 1. The average Bonchev–Trinajstić information content (AvgIpc) is 1.77. The Bertz CT molecular complexity index is 189. The summed E-state index contributed by atoms with van der Waals surface area (Å²) in [5.41, 5.74) is 0. The minimum Gasteiger partial charge on any atom is -0.481 e. The van der Waals surface area contributed by atoms with Gasteiger partial charge in [0.15, 0.2) is 0 Å². The summed E-state index contributed by atoms with van der Waals surface area (Å²) in [5.74, 6) is -0.823. The molecular formula is C9H19BrNO3+. The van der Waals surface area contributed by atoms with Gasteiger partial charge in [-0.15, -0.1) is 0 Å². The maximum atomic E-state index is 10.6. The van der Waals surface area contributed by atoms with Crippen LogP contribution in [0.5, 0.6) is 0 Å². The van der Waals surface area contributed by atoms with E-state index in [4.69, 9.17) is 9.84 Å². The Kier molecular flexibility index (Phi) is 5.63. The molecule has 0 aromatic carbocycles. The van der Waals surface area contributed by atoms with E-state index < -0.39 is 5.97 Å². The Hall–Kier alpha value is -0.130. The Morgan fingerprint density at radius 1 is 1.50 bits per heavy atom. The van der Waals surface area contributed by atoms with Crippen LogP contribution in [0.3, 0.4) is 0 Å². The highest BCUT2D eigenvalue weighted by molar-refractivity contribution is 9.09. The lowest BCUT2D eigenvalue weighted by molar-refractivity contribution is -0.873. The number of rotatable bonds is 6. The van der Waals surface area contributed by atoms with E-state index in [1.54, 1.807) is 0 Å². The van der Waals surface area contributed by atoms with Crippen molar-refractivity contribution >= 4 is 21.9 Å². The molecular weight excluding hydrogens is 250 g/mol.